The van der Waals surface area contributed by atoms with E-state index in [9.17, 15) is 34.6 Å². The van der Waals surface area contributed by atoms with Crippen LogP contribution in [0.2, 0.25) is 0 Å². The first-order valence-electron chi connectivity index (χ1n) is 7.82. The predicted molar refractivity (Wildman–Crippen MR) is 91.4 cm³/mol. The molecule has 0 aromatic heterocycles. The summed E-state index contributed by atoms with van der Waals surface area (Å²) in [4.78, 5) is 57.9. The number of fused-ring (bicyclic) bond motifs is 1. The highest BCUT2D eigenvalue weighted by molar-refractivity contribution is 6.24. The van der Waals surface area contributed by atoms with Gasteiger partial charge in [-0.2, -0.15) is 0 Å². The number of nitro groups is 2. The third-order valence-electron chi connectivity index (χ3n) is 4.04. The molecular formula is C17H11N3O8. The maximum atomic E-state index is 12.4. The molecule has 0 spiro atoms. The standard InChI is InChI=1S/C17H11N3O8/c21-14(28-9-10-4-1-2-6-12(10)19(24)25)8-18-16(22)11-5-3-7-13(20(26)27)15(11)17(18)23/h1-7H,8-9H2. The van der Waals surface area contributed by atoms with E-state index >= 15 is 0 Å². The number of nitro benzene ring substituents is 2. The fourth-order valence-electron chi connectivity index (χ4n) is 2.76. The van der Waals surface area contributed by atoms with Crippen molar-refractivity contribution in [3.63, 3.8) is 0 Å². The molecule has 0 saturated heterocycles. The molecular weight excluding hydrogens is 374 g/mol. The summed E-state index contributed by atoms with van der Waals surface area (Å²) in [6.07, 6.45) is 0. The molecule has 142 valence electrons. The predicted octanol–water partition coefficient (Wildman–Crippen LogP) is 1.84. The van der Waals surface area contributed by atoms with Crippen molar-refractivity contribution in [1.29, 1.82) is 0 Å². The molecule has 0 aliphatic carbocycles. The molecule has 0 unspecified atom stereocenters. The summed E-state index contributed by atoms with van der Waals surface area (Å²) in [5.74, 6) is -2.82. The molecule has 2 aromatic carbocycles. The molecule has 0 atom stereocenters. The molecule has 11 heteroatoms. The third-order valence-corrected chi connectivity index (χ3v) is 4.04. The van der Waals surface area contributed by atoms with Gasteiger partial charge in [0.15, 0.2) is 0 Å². The van der Waals surface area contributed by atoms with Gasteiger partial charge in [0.1, 0.15) is 18.7 Å². The van der Waals surface area contributed by atoms with Crippen molar-refractivity contribution < 1.29 is 29.0 Å². The Kier molecular flexibility index (Phi) is 4.81. The van der Waals surface area contributed by atoms with Crippen LogP contribution in [0.25, 0.3) is 0 Å². The lowest BCUT2D eigenvalue weighted by Crippen LogP contribution is -2.35. The van der Waals surface area contributed by atoms with Crippen molar-refractivity contribution in [3.05, 3.63) is 79.4 Å². The Labute approximate surface area is 156 Å². The van der Waals surface area contributed by atoms with E-state index in [1.807, 2.05) is 0 Å². The van der Waals surface area contributed by atoms with Crippen molar-refractivity contribution in [2.45, 2.75) is 6.61 Å². The van der Waals surface area contributed by atoms with Gasteiger partial charge >= 0.3 is 5.97 Å². The minimum absolute atomic E-state index is 0.138. The summed E-state index contributed by atoms with van der Waals surface area (Å²) in [5.41, 5.74) is -1.20. The zero-order valence-electron chi connectivity index (χ0n) is 14.1. The van der Waals surface area contributed by atoms with Crippen LogP contribution >= 0.6 is 0 Å². The van der Waals surface area contributed by atoms with E-state index in [1.54, 1.807) is 0 Å². The van der Waals surface area contributed by atoms with Gasteiger partial charge in [-0.3, -0.25) is 39.5 Å². The maximum absolute atomic E-state index is 12.4. The molecule has 1 aliphatic heterocycles. The molecule has 2 amide bonds. The monoisotopic (exact) mass is 385 g/mol. The van der Waals surface area contributed by atoms with Crippen molar-refractivity contribution in [2.75, 3.05) is 6.54 Å². The number of hydrogen-bond donors (Lipinski definition) is 0. The molecule has 0 bridgehead atoms. The molecule has 3 rings (SSSR count). The zero-order valence-corrected chi connectivity index (χ0v) is 14.1. The average molecular weight is 385 g/mol. The zero-order chi connectivity index (χ0) is 20.4. The fourth-order valence-corrected chi connectivity index (χ4v) is 2.76. The second-order valence-corrected chi connectivity index (χ2v) is 5.70. The number of imide groups is 1. The second-order valence-electron chi connectivity index (χ2n) is 5.70. The van der Waals surface area contributed by atoms with Gasteiger partial charge in [0.2, 0.25) is 0 Å². The van der Waals surface area contributed by atoms with Crippen LogP contribution in [0.4, 0.5) is 11.4 Å². The number of carbonyl (C=O) groups is 3. The summed E-state index contributed by atoms with van der Waals surface area (Å²) >= 11 is 0. The molecule has 2 aromatic rings. The lowest BCUT2D eigenvalue weighted by molar-refractivity contribution is -0.385. The highest BCUT2D eigenvalue weighted by Gasteiger charge is 2.41. The summed E-state index contributed by atoms with van der Waals surface area (Å²) in [6, 6.07) is 9.22. The van der Waals surface area contributed by atoms with Gasteiger partial charge in [-0.15, -0.1) is 0 Å². The molecule has 0 radical (unpaired) electrons. The molecule has 11 nitrogen and oxygen atoms in total. The number of hydrogen-bond acceptors (Lipinski definition) is 8. The normalized spacial score (nSPS) is 12.6. The van der Waals surface area contributed by atoms with Crippen molar-refractivity contribution in [2.24, 2.45) is 0 Å². The van der Waals surface area contributed by atoms with Crippen molar-refractivity contribution >= 4 is 29.2 Å². The van der Waals surface area contributed by atoms with Crippen LogP contribution < -0.4 is 0 Å². The van der Waals surface area contributed by atoms with Gasteiger partial charge in [0.25, 0.3) is 23.2 Å². The molecule has 0 saturated carbocycles. The first kappa shape index (κ1) is 18.6. The van der Waals surface area contributed by atoms with Gasteiger partial charge in [-0.25, -0.2) is 0 Å². The summed E-state index contributed by atoms with van der Waals surface area (Å²) < 4.78 is 4.93. The Morgan fingerprint density at radius 1 is 0.929 bits per heavy atom. The van der Waals surface area contributed by atoms with Gasteiger partial charge in [-0.1, -0.05) is 18.2 Å². The highest BCUT2D eigenvalue weighted by atomic mass is 16.6. The van der Waals surface area contributed by atoms with Crippen LogP contribution in [0, 0.1) is 20.2 Å². The lowest BCUT2D eigenvalue weighted by Gasteiger charge is -2.13. The number of benzene rings is 2. The minimum atomic E-state index is -0.990. The van der Waals surface area contributed by atoms with Gasteiger partial charge < -0.3 is 4.74 Å². The van der Waals surface area contributed by atoms with Crippen LogP contribution in [-0.4, -0.2) is 39.1 Å². The van der Waals surface area contributed by atoms with E-state index in [2.05, 4.69) is 0 Å². The van der Waals surface area contributed by atoms with Crippen LogP contribution in [0.3, 0.4) is 0 Å². The van der Waals surface area contributed by atoms with Gasteiger partial charge in [0.05, 0.1) is 21.0 Å². The number of esters is 1. The van der Waals surface area contributed by atoms with Crippen LogP contribution in [-0.2, 0) is 16.1 Å². The number of rotatable bonds is 6. The molecule has 0 N–H and O–H groups in total. The molecule has 1 heterocycles. The minimum Gasteiger partial charge on any atom is -0.459 e. The van der Waals surface area contributed by atoms with Gasteiger partial charge in [0, 0.05) is 12.1 Å². The number of carbonyl (C=O) groups excluding carboxylic acids is 3. The Bertz CT molecular complexity index is 1030. The molecule has 0 fully saturated rings. The van der Waals surface area contributed by atoms with Crippen LogP contribution in [0.5, 0.6) is 0 Å². The topological polar surface area (TPSA) is 150 Å². The van der Waals surface area contributed by atoms with E-state index in [0.717, 1.165) is 6.07 Å². The van der Waals surface area contributed by atoms with Gasteiger partial charge in [-0.05, 0) is 12.1 Å². The first-order chi connectivity index (χ1) is 13.3. The fraction of sp³-hybridized carbons (Fsp3) is 0.118. The SMILES string of the molecule is O=C(CN1C(=O)c2cccc([N+](=O)[O-])c2C1=O)OCc1ccccc1[N+](=O)[O-]. The number of nitrogens with zero attached hydrogens (tertiary/aromatic N) is 3. The summed E-state index contributed by atoms with van der Waals surface area (Å²) in [5, 5.41) is 22.0. The first-order valence-corrected chi connectivity index (χ1v) is 7.82. The third kappa shape index (κ3) is 3.28. The highest BCUT2D eigenvalue weighted by Crippen LogP contribution is 2.30. The molecule has 1 aliphatic rings. The Hall–Kier alpha value is -4.15. The van der Waals surface area contributed by atoms with E-state index in [4.69, 9.17) is 4.74 Å². The van der Waals surface area contributed by atoms with E-state index in [-0.39, 0.29) is 22.4 Å². The van der Waals surface area contributed by atoms with Crippen molar-refractivity contribution in [1.82, 2.24) is 4.90 Å². The van der Waals surface area contributed by atoms with Crippen LogP contribution in [0.15, 0.2) is 42.5 Å². The largest absolute Gasteiger partial charge is 0.459 e. The average Bonchev–Trinajstić information content (AvgIpc) is 2.91. The van der Waals surface area contributed by atoms with E-state index < -0.39 is 46.5 Å². The Balaban J connectivity index is 1.73. The Morgan fingerprint density at radius 3 is 2.25 bits per heavy atom. The quantitative estimate of drug-likeness (QED) is 0.316. The molecule has 28 heavy (non-hydrogen) atoms. The number of ether oxygens (including phenoxy) is 1. The number of amides is 2. The van der Waals surface area contributed by atoms with Crippen LogP contribution in [0.1, 0.15) is 26.3 Å². The van der Waals surface area contributed by atoms with E-state index in [0.29, 0.717) is 4.90 Å². The summed E-state index contributed by atoms with van der Waals surface area (Å²) in [7, 11) is 0. The lowest BCUT2D eigenvalue weighted by atomic mass is 10.1. The maximum Gasteiger partial charge on any atom is 0.326 e. The van der Waals surface area contributed by atoms with Crippen molar-refractivity contribution in [3.8, 4) is 0 Å². The number of para-hydroxylation sites is 1. The Morgan fingerprint density at radius 2 is 1.57 bits per heavy atom. The van der Waals surface area contributed by atoms with E-state index in [1.165, 1.54) is 36.4 Å². The smallest absolute Gasteiger partial charge is 0.326 e. The summed E-state index contributed by atoms with van der Waals surface area (Å²) in [6.45, 7) is -1.20. The second kappa shape index (κ2) is 7.23.